The number of hydrogen-bond donors (Lipinski definition) is 4. The van der Waals surface area contributed by atoms with Gasteiger partial charge in [-0.05, 0) is 25.1 Å². The number of hydrogen-bond acceptors (Lipinski definition) is 4. The molecular weight excluding hydrogens is 295 g/mol. The number of carbonyl (C=O) groups is 3. The molecule has 1 atom stereocenters. The number of urea groups is 1. The highest BCUT2D eigenvalue weighted by Gasteiger charge is 2.25. The topological polar surface area (TPSA) is 137 Å². The molecule has 0 saturated heterocycles. The van der Waals surface area contributed by atoms with Crippen molar-refractivity contribution in [3.8, 4) is 5.75 Å². The van der Waals surface area contributed by atoms with Crippen molar-refractivity contribution in [1.82, 2.24) is 10.6 Å². The van der Waals surface area contributed by atoms with Gasteiger partial charge in [0.1, 0.15) is 11.6 Å². The van der Waals surface area contributed by atoms with Crippen LogP contribution < -0.4 is 26.8 Å². The lowest BCUT2D eigenvalue weighted by molar-refractivity contribution is -0.128. The van der Waals surface area contributed by atoms with E-state index >= 15 is 0 Å². The zero-order valence-electron chi connectivity index (χ0n) is 12.1. The molecule has 0 heterocycles. The van der Waals surface area contributed by atoms with Crippen LogP contribution in [0.5, 0.6) is 5.75 Å². The zero-order valence-corrected chi connectivity index (χ0v) is 12.1. The van der Waals surface area contributed by atoms with Gasteiger partial charge in [-0.1, -0.05) is 0 Å². The third-order valence-electron chi connectivity index (χ3n) is 2.85. The van der Waals surface area contributed by atoms with Crippen molar-refractivity contribution in [2.45, 2.75) is 19.0 Å². The van der Waals surface area contributed by atoms with Crippen molar-refractivity contribution in [3.05, 3.63) is 29.6 Å². The van der Waals surface area contributed by atoms with E-state index < -0.39 is 35.7 Å². The van der Waals surface area contributed by atoms with Crippen LogP contribution in [0, 0.1) is 5.82 Å². The standard InChI is InChI=1S/C13H17FN4O4/c1-6(8-5-7(14)3-4-9(8)22-2)17-13(21)18-10(11(15)19)12(16)20/h3-6,10H,1-2H3,(H2,15,19)(H2,16,20)(H2,17,18,21). The Morgan fingerprint density at radius 1 is 1.18 bits per heavy atom. The molecule has 0 bridgehead atoms. The predicted octanol–water partition coefficient (Wildman–Crippen LogP) is -0.466. The highest BCUT2D eigenvalue weighted by Crippen LogP contribution is 2.25. The van der Waals surface area contributed by atoms with Crippen LogP contribution in [0.2, 0.25) is 0 Å². The summed E-state index contributed by atoms with van der Waals surface area (Å²) in [5.41, 5.74) is 10.3. The van der Waals surface area contributed by atoms with E-state index in [0.717, 1.165) is 0 Å². The maximum atomic E-state index is 13.3. The minimum atomic E-state index is -1.64. The molecule has 0 aliphatic rings. The van der Waals surface area contributed by atoms with E-state index in [9.17, 15) is 18.8 Å². The second kappa shape index (κ2) is 7.25. The molecular formula is C13H17FN4O4. The van der Waals surface area contributed by atoms with Gasteiger partial charge in [0.25, 0.3) is 0 Å². The largest absolute Gasteiger partial charge is 0.496 e. The van der Waals surface area contributed by atoms with Gasteiger partial charge in [0, 0.05) is 5.56 Å². The Balaban J connectivity index is 2.82. The summed E-state index contributed by atoms with van der Waals surface area (Å²) in [5.74, 6) is -2.30. The smallest absolute Gasteiger partial charge is 0.316 e. The lowest BCUT2D eigenvalue weighted by Gasteiger charge is -2.19. The monoisotopic (exact) mass is 312 g/mol. The van der Waals surface area contributed by atoms with Gasteiger partial charge in [0.2, 0.25) is 11.8 Å². The molecule has 22 heavy (non-hydrogen) atoms. The average molecular weight is 312 g/mol. The van der Waals surface area contributed by atoms with E-state index in [0.29, 0.717) is 11.3 Å². The van der Waals surface area contributed by atoms with Crippen LogP contribution in [0.25, 0.3) is 0 Å². The summed E-state index contributed by atoms with van der Waals surface area (Å²) in [6.07, 6.45) is 0. The second-order valence-corrected chi connectivity index (χ2v) is 4.46. The van der Waals surface area contributed by atoms with E-state index in [-0.39, 0.29) is 0 Å². The molecule has 1 aromatic carbocycles. The van der Waals surface area contributed by atoms with Gasteiger partial charge in [-0.2, -0.15) is 0 Å². The van der Waals surface area contributed by atoms with Crippen LogP contribution in [0.3, 0.4) is 0 Å². The van der Waals surface area contributed by atoms with Crippen molar-refractivity contribution in [2.75, 3.05) is 7.11 Å². The van der Waals surface area contributed by atoms with Crippen LogP contribution in [-0.2, 0) is 9.59 Å². The molecule has 0 aliphatic heterocycles. The third kappa shape index (κ3) is 4.33. The highest BCUT2D eigenvalue weighted by molar-refractivity contribution is 6.05. The molecule has 0 aromatic heterocycles. The number of nitrogens with two attached hydrogens (primary N) is 2. The van der Waals surface area contributed by atoms with Crippen LogP contribution in [0.4, 0.5) is 9.18 Å². The average Bonchev–Trinajstić information content (AvgIpc) is 2.43. The van der Waals surface area contributed by atoms with Crippen LogP contribution in [0.15, 0.2) is 18.2 Å². The second-order valence-electron chi connectivity index (χ2n) is 4.46. The molecule has 4 amide bonds. The summed E-state index contributed by atoms with van der Waals surface area (Å²) in [6, 6.07) is 0.667. The van der Waals surface area contributed by atoms with Crippen molar-refractivity contribution in [1.29, 1.82) is 0 Å². The van der Waals surface area contributed by atoms with E-state index in [1.807, 2.05) is 5.32 Å². The van der Waals surface area contributed by atoms with E-state index in [1.165, 1.54) is 25.3 Å². The normalized spacial score (nSPS) is 11.6. The minimum absolute atomic E-state index is 0.371. The quantitative estimate of drug-likeness (QED) is 0.528. The van der Waals surface area contributed by atoms with Crippen molar-refractivity contribution >= 4 is 17.8 Å². The Bertz CT molecular complexity index is 579. The van der Waals surface area contributed by atoms with E-state index in [1.54, 1.807) is 6.92 Å². The fourth-order valence-electron chi connectivity index (χ4n) is 1.77. The molecule has 0 spiro atoms. The van der Waals surface area contributed by atoms with Gasteiger partial charge in [-0.15, -0.1) is 0 Å². The number of carbonyl (C=O) groups excluding carboxylic acids is 3. The number of nitrogens with one attached hydrogen (secondary N) is 2. The molecule has 1 unspecified atom stereocenters. The number of benzene rings is 1. The predicted molar refractivity (Wildman–Crippen MR) is 75.2 cm³/mol. The maximum absolute atomic E-state index is 13.3. The summed E-state index contributed by atoms with van der Waals surface area (Å²) in [6.45, 7) is 1.57. The molecule has 9 heteroatoms. The molecule has 0 saturated carbocycles. The molecule has 0 radical (unpaired) electrons. The first-order chi connectivity index (χ1) is 10.3. The molecule has 0 aliphatic carbocycles. The molecule has 1 aromatic rings. The van der Waals surface area contributed by atoms with Crippen LogP contribution in [-0.4, -0.2) is 31.0 Å². The number of rotatable bonds is 6. The minimum Gasteiger partial charge on any atom is -0.496 e. The summed E-state index contributed by atoms with van der Waals surface area (Å²) in [4.78, 5) is 33.7. The lowest BCUT2D eigenvalue weighted by atomic mass is 10.1. The Labute approximate surface area is 126 Å². The summed E-state index contributed by atoms with van der Waals surface area (Å²) >= 11 is 0. The molecule has 1 rings (SSSR count). The van der Waals surface area contributed by atoms with E-state index in [2.05, 4.69) is 5.32 Å². The Kier molecular flexibility index (Phi) is 5.67. The fraction of sp³-hybridized carbons (Fsp3) is 0.308. The number of halogens is 1. The van der Waals surface area contributed by atoms with Gasteiger partial charge < -0.3 is 26.8 Å². The number of primary amides is 2. The number of methoxy groups -OCH3 is 1. The van der Waals surface area contributed by atoms with Crippen molar-refractivity contribution < 1.29 is 23.5 Å². The summed E-state index contributed by atoms with van der Waals surface area (Å²) in [5, 5.41) is 4.46. The Morgan fingerprint density at radius 3 is 2.27 bits per heavy atom. The first-order valence-corrected chi connectivity index (χ1v) is 6.25. The molecule has 0 fully saturated rings. The van der Waals surface area contributed by atoms with Crippen molar-refractivity contribution in [2.24, 2.45) is 11.5 Å². The van der Waals surface area contributed by atoms with Crippen LogP contribution >= 0.6 is 0 Å². The highest BCUT2D eigenvalue weighted by atomic mass is 19.1. The van der Waals surface area contributed by atoms with Gasteiger partial charge in [0.15, 0.2) is 6.04 Å². The summed E-state index contributed by atoms with van der Waals surface area (Å²) in [7, 11) is 1.40. The lowest BCUT2D eigenvalue weighted by Crippen LogP contribution is -2.55. The fourth-order valence-corrected chi connectivity index (χ4v) is 1.77. The molecule has 120 valence electrons. The van der Waals surface area contributed by atoms with Gasteiger partial charge in [0.05, 0.1) is 13.2 Å². The third-order valence-corrected chi connectivity index (χ3v) is 2.85. The Morgan fingerprint density at radius 2 is 1.77 bits per heavy atom. The van der Waals surface area contributed by atoms with Gasteiger partial charge in [-0.3, -0.25) is 9.59 Å². The maximum Gasteiger partial charge on any atom is 0.316 e. The SMILES string of the molecule is COc1ccc(F)cc1C(C)NC(=O)NC(C(N)=O)C(N)=O. The van der Waals surface area contributed by atoms with Gasteiger partial charge >= 0.3 is 6.03 Å². The number of ether oxygens (including phenoxy) is 1. The first-order valence-electron chi connectivity index (χ1n) is 6.25. The molecule has 8 nitrogen and oxygen atoms in total. The molecule has 6 N–H and O–H groups in total. The Hall–Kier alpha value is -2.84. The zero-order chi connectivity index (χ0) is 16.9. The van der Waals surface area contributed by atoms with Crippen LogP contribution in [0.1, 0.15) is 18.5 Å². The first kappa shape index (κ1) is 17.2. The van der Waals surface area contributed by atoms with Crippen molar-refractivity contribution in [3.63, 3.8) is 0 Å². The van der Waals surface area contributed by atoms with E-state index in [4.69, 9.17) is 16.2 Å². The number of amides is 4. The van der Waals surface area contributed by atoms with Gasteiger partial charge in [-0.25, -0.2) is 9.18 Å². The summed E-state index contributed by atoms with van der Waals surface area (Å²) < 4.78 is 18.4.